The van der Waals surface area contributed by atoms with Crippen LogP contribution in [0.3, 0.4) is 0 Å². The number of nitrogens with zero attached hydrogens (tertiary/aromatic N) is 1. The highest BCUT2D eigenvalue weighted by Gasteiger charge is 2.37. The highest BCUT2D eigenvalue weighted by atomic mass is 35.5. The molecule has 1 amide bonds. The maximum atomic E-state index is 12.4. The van der Waals surface area contributed by atoms with E-state index in [2.05, 4.69) is 41.4 Å². The highest BCUT2D eigenvalue weighted by molar-refractivity contribution is 5.85. The molecule has 0 aromatic heterocycles. The Balaban J connectivity index is 0.00000192. The Morgan fingerprint density at radius 2 is 1.78 bits per heavy atom. The van der Waals surface area contributed by atoms with Gasteiger partial charge in [-0.25, -0.2) is 0 Å². The van der Waals surface area contributed by atoms with Gasteiger partial charge in [-0.05, 0) is 55.2 Å². The minimum Gasteiger partial charge on any atom is -0.343 e. The molecule has 2 fully saturated rings. The third kappa shape index (κ3) is 4.48. The zero-order valence-electron chi connectivity index (χ0n) is 14.1. The topological polar surface area (TPSA) is 32.3 Å². The van der Waals surface area contributed by atoms with Crippen molar-refractivity contribution in [2.45, 2.75) is 45.4 Å². The van der Waals surface area contributed by atoms with Crippen LogP contribution in [0.15, 0.2) is 24.3 Å². The summed E-state index contributed by atoms with van der Waals surface area (Å²) in [7, 11) is 0. The number of piperidine rings is 1. The van der Waals surface area contributed by atoms with Gasteiger partial charge in [0.25, 0.3) is 0 Å². The first kappa shape index (κ1) is 18.3. The minimum absolute atomic E-state index is 0. The second-order valence-electron chi connectivity index (χ2n) is 6.98. The van der Waals surface area contributed by atoms with Gasteiger partial charge in [-0.15, -0.1) is 12.4 Å². The molecule has 1 spiro atoms. The van der Waals surface area contributed by atoms with Crippen LogP contribution < -0.4 is 5.32 Å². The lowest BCUT2D eigenvalue weighted by Crippen LogP contribution is -2.44. The van der Waals surface area contributed by atoms with Gasteiger partial charge in [0.1, 0.15) is 0 Å². The molecule has 2 saturated heterocycles. The highest BCUT2D eigenvalue weighted by Crippen LogP contribution is 2.37. The first-order chi connectivity index (χ1) is 10.7. The normalized spacial score (nSPS) is 19.6. The summed E-state index contributed by atoms with van der Waals surface area (Å²) < 4.78 is 0. The van der Waals surface area contributed by atoms with E-state index < -0.39 is 0 Å². The second kappa shape index (κ2) is 8.16. The van der Waals surface area contributed by atoms with Crippen LogP contribution in [0.2, 0.25) is 0 Å². The number of benzene rings is 1. The van der Waals surface area contributed by atoms with Gasteiger partial charge in [-0.1, -0.05) is 31.2 Å². The third-order valence-electron chi connectivity index (χ3n) is 5.57. The Hall–Kier alpha value is -1.06. The van der Waals surface area contributed by atoms with E-state index in [0.717, 1.165) is 39.0 Å². The van der Waals surface area contributed by atoms with Crippen LogP contribution in [0.1, 0.15) is 43.7 Å². The number of nitrogens with one attached hydrogen (secondary N) is 1. The smallest absolute Gasteiger partial charge is 0.222 e. The van der Waals surface area contributed by atoms with Crippen LogP contribution in [0.5, 0.6) is 0 Å². The summed E-state index contributed by atoms with van der Waals surface area (Å²) in [5.41, 5.74) is 3.13. The van der Waals surface area contributed by atoms with Crippen molar-refractivity contribution in [3.8, 4) is 0 Å². The number of amides is 1. The summed E-state index contributed by atoms with van der Waals surface area (Å²) in [6, 6.07) is 8.69. The van der Waals surface area contributed by atoms with Crippen molar-refractivity contribution < 1.29 is 4.79 Å². The molecule has 0 radical (unpaired) electrons. The fourth-order valence-corrected chi connectivity index (χ4v) is 3.80. The van der Waals surface area contributed by atoms with Gasteiger partial charge >= 0.3 is 0 Å². The number of carbonyl (C=O) groups is 1. The van der Waals surface area contributed by atoms with Crippen LogP contribution in [0.25, 0.3) is 0 Å². The average Bonchev–Trinajstić information content (AvgIpc) is 3.02. The van der Waals surface area contributed by atoms with Crippen molar-refractivity contribution in [3.63, 3.8) is 0 Å². The van der Waals surface area contributed by atoms with Crippen molar-refractivity contribution >= 4 is 18.3 Å². The summed E-state index contributed by atoms with van der Waals surface area (Å²) in [4.78, 5) is 14.5. The molecule has 0 bridgehead atoms. The molecule has 1 aromatic rings. The summed E-state index contributed by atoms with van der Waals surface area (Å²) in [5, 5.41) is 3.48. The lowest BCUT2D eigenvalue weighted by atomic mass is 9.78. The molecule has 128 valence electrons. The maximum absolute atomic E-state index is 12.4. The first-order valence-corrected chi connectivity index (χ1v) is 8.77. The molecule has 23 heavy (non-hydrogen) atoms. The van der Waals surface area contributed by atoms with Gasteiger partial charge in [0.05, 0.1) is 0 Å². The van der Waals surface area contributed by atoms with Crippen molar-refractivity contribution in [3.05, 3.63) is 35.4 Å². The van der Waals surface area contributed by atoms with Crippen molar-refractivity contribution in [1.29, 1.82) is 0 Å². The number of hydrogen-bond donors (Lipinski definition) is 1. The molecule has 1 N–H and O–H groups in total. The standard InChI is InChI=1S/C19H28N2O.ClH/c1-2-16-3-5-17(6-4-16)7-8-18(22)21-13-10-19(11-14-21)9-12-20-15-19;/h3-6,20H,2,7-15H2,1H3;1H. The van der Waals surface area contributed by atoms with E-state index in [0.29, 0.717) is 17.7 Å². The molecular formula is C19H29ClN2O. The molecule has 0 aliphatic carbocycles. The van der Waals surface area contributed by atoms with Crippen molar-refractivity contribution in [1.82, 2.24) is 10.2 Å². The molecule has 3 rings (SSSR count). The van der Waals surface area contributed by atoms with Crippen LogP contribution in [-0.4, -0.2) is 37.0 Å². The molecule has 0 saturated carbocycles. The molecule has 2 aliphatic rings. The van der Waals surface area contributed by atoms with Gasteiger partial charge in [0.2, 0.25) is 5.91 Å². The molecule has 3 nitrogen and oxygen atoms in total. The molecular weight excluding hydrogens is 308 g/mol. The van der Waals surface area contributed by atoms with E-state index in [4.69, 9.17) is 0 Å². The molecule has 4 heteroatoms. The predicted octanol–water partition coefficient (Wildman–Crippen LogP) is 3.21. The van der Waals surface area contributed by atoms with E-state index in [9.17, 15) is 4.79 Å². The Morgan fingerprint density at radius 1 is 1.13 bits per heavy atom. The minimum atomic E-state index is 0. The second-order valence-corrected chi connectivity index (χ2v) is 6.98. The van der Waals surface area contributed by atoms with Gasteiger partial charge in [-0.2, -0.15) is 0 Å². The Bertz CT molecular complexity index is 499. The third-order valence-corrected chi connectivity index (χ3v) is 5.57. The van der Waals surface area contributed by atoms with E-state index >= 15 is 0 Å². The number of aryl methyl sites for hydroxylation is 2. The van der Waals surface area contributed by atoms with Gasteiger partial charge in [0, 0.05) is 26.1 Å². The van der Waals surface area contributed by atoms with Crippen LogP contribution >= 0.6 is 12.4 Å². The van der Waals surface area contributed by atoms with E-state index in [1.165, 1.54) is 30.4 Å². The number of halogens is 1. The lowest BCUT2D eigenvalue weighted by Gasteiger charge is -2.39. The largest absolute Gasteiger partial charge is 0.343 e. The van der Waals surface area contributed by atoms with E-state index in [1.807, 2.05) is 0 Å². The zero-order valence-corrected chi connectivity index (χ0v) is 15.0. The molecule has 0 unspecified atom stereocenters. The predicted molar refractivity (Wildman–Crippen MR) is 97.1 cm³/mol. The molecule has 2 aliphatic heterocycles. The fourth-order valence-electron chi connectivity index (χ4n) is 3.80. The zero-order chi connectivity index (χ0) is 15.4. The van der Waals surface area contributed by atoms with Gasteiger partial charge in [-0.3, -0.25) is 4.79 Å². The average molecular weight is 337 g/mol. The molecule has 1 aromatic carbocycles. The SMILES string of the molecule is CCc1ccc(CCC(=O)N2CCC3(CCNC3)CC2)cc1.Cl. The van der Waals surface area contributed by atoms with Crippen molar-refractivity contribution in [2.24, 2.45) is 5.41 Å². The number of rotatable bonds is 4. The Kier molecular flexibility index (Phi) is 6.49. The van der Waals surface area contributed by atoms with E-state index in [-0.39, 0.29) is 12.4 Å². The first-order valence-electron chi connectivity index (χ1n) is 8.77. The quantitative estimate of drug-likeness (QED) is 0.915. The van der Waals surface area contributed by atoms with Crippen LogP contribution in [0, 0.1) is 5.41 Å². The van der Waals surface area contributed by atoms with Crippen LogP contribution in [0.4, 0.5) is 0 Å². The lowest BCUT2D eigenvalue weighted by molar-refractivity contribution is -0.133. The van der Waals surface area contributed by atoms with E-state index in [1.54, 1.807) is 0 Å². The maximum Gasteiger partial charge on any atom is 0.222 e. The monoisotopic (exact) mass is 336 g/mol. The Morgan fingerprint density at radius 3 is 2.35 bits per heavy atom. The van der Waals surface area contributed by atoms with Gasteiger partial charge < -0.3 is 10.2 Å². The molecule has 2 heterocycles. The van der Waals surface area contributed by atoms with Crippen molar-refractivity contribution in [2.75, 3.05) is 26.2 Å². The molecule has 0 atom stereocenters. The fraction of sp³-hybridized carbons (Fsp3) is 0.632. The summed E-state index contributed by atoms with van der Waals surface area (Å²) in [6.45, 7) is 6.38. The van der Waals surface area contributed by atoms with Crippen LogP contribution in [-0.2, 0) is 17.6 Å². The summed E-state index contributed by atoms with van der Waals surface area (Å²) >= 11 is 0. The number of hydrogen-bond acceptors (Lipinski definition) is 2. The number of carbonyl (C=O) groups excluding carboxylic acids is 1. The number of likely N-dealkylation sites (tertiary alicyclic amines) is 1. The summed E-state index contributed by atoms with van der Waals surface area (Å²) in [5.74, 6) is 0.334. The summed E-state index contributed by atoms with van der Waals surface area (Å²) in [6.07, 6.45) is 6.24. The Labute approximate surface area is 146 Å². The van der Waals surface area contributed by atoms with Gasteiger partial charge in [0.15, 0.2) is 0 Å².